The first kappa shape index (κ1) is 10.9. The minimum atomic E-state index is 0.624. The quantitative estimate of drug-likeness (QED) is 0.874. The Labute approximate surface area is 106 Å². The molecule has 1 saturated heterocycles. The number of rotatable bonds is 2. The molecule has 2 N–H and O–H groups in total. The van der Waals surface area contributed by atoms with E-state index in [1.165, 1.54) is 29.8 Å². The molecule has 0 aromatic carbocycles. The number of hydrogen-bond acceptors (Lipinski definition) is 4. The van der Waals surface area contributed by atoms with E-state index >= 15 is 0 Å². The second-order valence-electron chi connectivity index (χ2n) is 5.29. The molecule has 90 valence electrons. The van der Waals surface area contributed by atoms with Gasteiger partial charge in [-0.15, -0.1) is 11.3 Å². The van der Waals surface area contributed by atoms with Crippen molar-refractivity contribution >= 4 is 22.0 Å². The van der Waals surface area contributed by atoms with Crippen molar-refractivity contribution in [1.29, 1.82) is 5.26 Å². The first-order valence-electron chi connectivity index (χ1n) is 6.28. The summed E-state index contributed by atoms with van der Waals surface area (Å²) in [5, 5.41) is 10.4. The lowest BCUT2D eigenvalue weighted by atomic mass is 10.1. The van der Waals surface area contributed by atoms with Crippen LogP contribution in [-0.2, 0) is 0 Å². The summed E-state index contributed by atoms with van der Waals surface area (Å²) in [5.74, 6) is 1.38. The predicted octanol–water partition coefficient (Wildman–Crippen LogP) is 2.93. The van der Waals surface area contributed by atoms with Crippen molar-refractivity contribution in [2.24, 2.45) is 5.92 Å². The van der Waals surface area contributed by atoms with Crippen LogP contribution in [0.4, 0.5) is 10.7 Å². The number of hydrogen-bond donors (Lipinski definition) is 1. The van der Waals surface area contributed by atoms with E-state index in [-0.39, 0.29) is 0 Å². The van der Waals surface area contributed by atoms with E-state index in [9.17, 15) is 0 Å². The van der Waals surface area contributed by atoms with Crippen molar-refractivity contribution in [2.45, 2.75) is 32.1 Å². The average Bonchev–Trinajstić information content (AvgIpc) is 2.97. The molecule has 4 heteroatoms. The fraction of sp³-hybridized carbons (Fsp3) is 0.615. The molecule has 0 amide bonds. The van der Waals surface area contributed by atoms with E-state index in [2.05, 4.69) is 17.9 Å². The first-order chi connectivity index (χ1) is 8.20. The van der Waals surface area contributed by atoms with Gasteiger partial charge in [0.2, 0.25) is 0 Å². The number of anilines is 2. The highest BCUT2D eigenvalue weighted by atomic mass is 32.1. The number of nitrogen functional groups attached to an aromatic ring is 1. The molecule has 17 heavy (non-hydrogen) atoms. The van der Waals surface area contributed by atoms with Crippen LogP contribution < -0.4 is 10.6 Å². The minimum absolute atomic E-state index is 0.624. The lowest BCUT2D eigenvalue weighted by molar-refractivity contribution is 0.659. The molecule has 0 spiro atoms. The number of nitrogens with zero attached hydrogens (tertiary/aromatic N) is 2. The highest BCUT2D eigenvalue weighted by molar-refractivity contribution is 7.17. The van der Waals surface area contributed by atoms with Gasteiger partial charge in [-0.2, -0.15) is 5.26 Å². The molecule has 1 saturated carbocycles. The molecule has 1 aromatic rings. The Hall–Kier alpha value is -1.21. The van der Waals surface area contributed by atoms with Gasteiger partial charge in [0.05, 0.1) is 10.7 Å². The third kappa shape index (κ3) is 1.79. The lowest BCUT2D eigenvalue weighted by Crippen LogP contribution is -2.19. The molecule has 2 aliphatic rings. The summed E-state index contributed by atoms with van der Waals surface area (Å²) in [6.45, 7) is 4.52. The fourth-order valence-corrected chi connectivity index (χ4v) is 3.79. The first-order valence-corrected chi connectivity index (χ1v) is 7.09. The SMILES string of the molecule is CC1CCN(c2sc(C#N)c(N)c2C2CC2)C1. The van der Waals surface area contributed by atoms with Gasteiger partial charge in [0.1, 0.15) is 10.9 Å². The Morgan fingerprint density at radius 2 is 2.18 bits per heavy atom. The average molecular weight is 247 g/mol. The summed E-state index contributed by atoms with van der Waals surface area (Å²) in [6, 6.07) is 2.24. The van der Waals surface area contributed by atoms with Gasteiger partial charge >= 0.3 is 0 Å². The molecule has 0 radical (unpaired) electrons. The zero-order valence-corrected chi connectivity index (χ0v) is 10.9. The van der Waals surface area contributed by atoms with Crippen LogP contribution in [0, 0.1) is 17.2 Å². The van der Waals surface area contributed by atoms with Crippen LogP contribution in [0.2, 0.25) is 0 Å². The third-order valence-electron chi connectivity index (χ3n) is 3.76. The van der Waals surface area contributed by atoms with Gasteiger partial charge in [-0.1, -0.05) is 6.92 Å². The highest BCUT2D eigenvalue weighted by Crippen LogP contribution is 2.52. The van der Waals surface area contributed by atoms with Gasteiger partial charge in [-0.05, 0) is 31.1 Å². The summed E-state index contributed by atoms with van der Waals surface area (Å²) in [4.78, 5) is 3.14. The van der Waals surface area contributed by atoms with Gasteiger partial charge in [0.25, 0.3) is 0 Å². The lowest BCUT2D eigenvalue weighted by Gasteiger charge is -2.18. The van der Waals surface area contributed by atoms with Crippen molar-refractivity contribution in [3.05, 3.63) is 10.4 Å². The van der Waals surface area contributed by atoms with Gasteiger partial charge in [0.15, 0.2) is 0 Å². The van der Waals surface area contributed by atoms with Crippen molar-refractivity contribution in [1.82, 2.24) is 0 Å². The van der Waals surface area contributed by atoms with E-state index in [1.54, 1.807) is 11.3 Å². The number of thiophene rings is 1. The number of nitriles is 1. The van der Waals surface area contributed by atoms with Gasteiger partial charge in [-0.25, -0.2) is 0 Å². The minimum Gasteiger partial charge on any atom is -0.397 e. The molecule has 0 bridgehead atoms. The smallest absolute Gasteiger partial charge is 0.130 e. The molecular formula is C13H17N3S. The zero-order valence-electron chi connectivity index (χ0n) is 10.1. The molecule has 1 aromatic heterocycles. The zero-order chi connectivity index (χ0) is 12.0. The van der Waals surface area contributed by atoms with E-state index in [1.807, 2.05) is 0 Å². The van der Waals surface area contributed by atoms with Crippen molar-refractivity contribution in [3.8, 4) is 6.07 Å². The molecule has 1 unspecified atom stereocenters. The normalized spacial score (nSPS) is 24.0. The highest BCUT2D eigenvalue weighted by Gasteiger charge is 2.34. The van der Waals surface area contributed by atoms with Crippen LogP contribution in [-0.4, -0.2) is 13.1 Å². The molecule has 3 nitrogen and oxygen atoms in total. The maximum absolute atomic E-state index is 9.12. The maximum Gasteiger partial charge on any atom is 0.130 e. The van der Waals surface area contributed by atoms with Crippen LogP contribution in [0.5, 0.6) is 0 Å². The molecular weight excluding hydrogens is 230 g/mol. The van der Waals surface area contributed by atoms with E-state index in [4.69, 9.17) is 11.0 Å². The predicted molar refractivity (Wildman–Crippen MR) is 71.4 cm³/mol. The third-order valence-corrected chi connectivity index (χ3v) is 4.95. The summed E-state index contributed by atoms with van der Waals surface area (Å²) >= 11 is 1.59. The standard InChI is InChI=1S/C13H17N3S/c1-8-4-5-16(7-8)13-11(9-2-3-9)12(15)10(6-14)17-13/h8-9H,2-5,7,15H2,1H3. The van der Waals surface area contributed by atoms with E-state index < -0.39 is 0 Å². The number of nitrogens with two attached hydrogens (primary N) is 1. The molecule has 2 fully saturated rings. The maximum atomic E-state index is 9.12. The topological polar surface area (TPSA) is 53.0 Å². The molecule has 1 aliphatic heterocycles. The van der Waals surface area contributed by atoms with Crippen molar-refractivity contribution in [2.75, 3.05) is 23.7 Å². The Morgan fingerprint density at radius 3 is 2.71 bits per heavy atom. The van der Waals surface area contributed by atoms with Crippen LogP contribution in [0.1, 0.15) is 42.5 Å². The van der Waals surface area contributed by atoms with Gasteiger partial charge in [0, 0.05) is 18.7 Å². The van der Waals surface area contributed by atoms with E-state index in [0.29, 0.717) is 10.8 Å². The van der Waals surface area contributed by atoms with Crippen molar-refractivity contribution < 1.29 is 0 Å². The second-order valence-corrected chi connectivity index (χ2v) is 6.29. The summed E-state index contributed by atoms with van der Waals surface area (Å²) in [7, 11) is 0. The van der Waals surface area contributed by atoms with Crippen molar-refractivity contribution in [3.63, 3.8) is 0 Å². The molecule has 1 aliphatic carbocycles. The van der Waals surface area contributed by atoms with E-state index in [0.717, 1.165) is 24.7 Å². The summed E-state index contributed by atoms with van der Waals surface area (Å²) < 4.78 is 0. The largest absolute Gasteiger partial charge is 0.397 e. The Kier molecular flexibility index (Phi) is 2.52. The Balaban J connectivity index is 2.00. The molecule has 1 atom stereocenters. The van der Waals surface area contributed by atoms with Crippen LogP contribution in [0.15, 0.2) is 0 Å². The molecule has 3 rings (SSSR count). The fourth-order valence-electron chi connectivity index (χ4n) is 2.65. The summed E-state index contributed by atoms with van der Waals surface area (Å²) in [5.41, 5.74) is 8.16. The van der Waals surface area contributed by atoms with Gasteiger partial charge in [-0.3, -0.25) is 0 Å². The van der Waals surface area contributed by atoms with Crippen LogP contribution >= 0.6 is 11.3 Å². The van der Waals surface area contributed by atoms with Crippen LogP contribution in [0.25, 0.3) is 0 Å². The Morgan fingerprint density at radius 1 is 1.41 bits per heavy atom. The monoisotopic (exact) mass is 247 g/mol. The molecule has 2 heterocycles. The second kappa shape index (κ2) is 3.92. The van der Waals surface area contributed by atoms with Gasteiger partial charge < -0.3 is 10.6 Å². The summed E-state index contributed by atoms with van der Waals surface area (Å²) in [6.07, 6.45) is 3.73. The van der Waals surface area contributed by atoms with Crippen LogP contribution in [0.3, 0.4) is 0 Å². The Bertz CT molecular complexity index is 482.